The smallest absolute Gasteiger partial charge is 0.162 e. The summed E-state index contributed by atoms with van der Waals surface area (Å²) in [4.78, 5) is 3.05. The van der Waals surface area contributed by atoms with Crippen LogP contribution in [0.3, 0.4) is 0 Å². The van der Waals surface area contributed by atoms with Gasteiger partial charge in [0.1, 0.15) is 11.7 Å². The molecule has 2 aromatic heterocycles. The van der Waals surface area contributed by atoms with Crippen LogP contribution in [-0.4, -0.2) is 42.4 Å². The van der Waals surface area contributed by atoms with Crippen molar-refractivity contribution in [2.75, 3.05) is 27.7 Å². The minimum Gasteiger partial charge on any atom is -0.493 e. The maximum absolute atomic E-state index is 6.24. The van der Waals surface area contributed by atoms with Crippen molar-refractivity contribution in [2.45, 2.75) is 12.6 Å². The molecule has 0 aromatic carbocycles. The van der Waals surface area contributed by atoms with Crippen molar-refractivity contribution < 1.29 is 4.74 Å². The van der Waals surface area contributed by atoms with Crippen LogP contribution < -0.4 is 16.0 Å². The zero-order chi connectivity index (χ0) is 15.4. The molecule has 3 N–H and O–H groups in total. The van der Waals surface area contributed by atoms with E-state index in [0.717, 1.165) is 23.7 Å². The van der Waals surface area contributed by atoms with Gasteiger partial charge in [-0.1, -0.05) is 11.6 Å². The van der Waals surface area contributed by atoms with Crippen molar-refractivity contribution in [1.29, 1.82) is 0 Å². The highest BCUT2D eigenvalue weighted by molar-refractivity contribution is 7.10. The summed E-state index contributed by atoms with van der Waals surface area (Å²) in [7, 11) is 5.67. The van der Waals surface area contributed by atoms with Crippen LogP contribution in [0.25, 0.3) is 0 Å². The second-order valence-electron chi connectivity index (χ2n) is 4.86. The molecule has 0 saturated heterocycles. The van der Waals surface area contributed by atoms with E-state index in [1.165, 1.54) is 0 Å². The Balaban J connectivity index is 2.39. The average Bonchev–Trinajstić information content (AvgIpc) is 3.05. The largest absolute Gasteiger partial charge is 0.493 e. The number of nitrogens with two attached hydrogens (primary N) is 1. The van der Waals surface area contributed by atoms with Crippen molar-refractivity contribution in [1.82, 2.24) is 20.1 Å². The van der Waals surface area contributed by atoms with E-state index in [2.05, 4.69) is 15.4 Å². The molecular weight excluding hydrogens is 310 g/mol. The summed E-state index contributed by atoms with van der Waals surface area (Å²) in [6, 6.07) is 1.61. The van der Waals surface area contributed by atoms with Crippen LogP contribution in [0.2, 0.25) is 5.02 Å². The first-order valence-corrected chi connectivity index (χ1v) is 7.77. The molecule has 0 amide bonds. The van der Waals surface area contributed by atoms with Crippen molar-refractivity contribution in [3.05, 3.63) is 33.2 Å². The van der Waals surface area contributed by atoms with E-state index in [1.54, 1.807) is 24.6 Å². The quantitative estimate of drug-likeness (QED) is 0.598. The molecule has 2 heterocycles. The molecule has 6 nitrogen and oxygen atoms in total. The molecule has 0 spiro atoms. The fourth-order valence-electron chi connectivity index (χ4n) is 2.09. The van der Waals surface area contributed by atoms with Crippen LogP contribution in [0.1, 0.15) is 16.6 Å². The van der Waals surface area contributed by atoms with E-state index in [4.69, 9.17) is 22.2 Å². The van der Waals surface area contributed by atoms with Crippen molar-refractivity contribution in [3.8, 4) is 5.75 Å². The lowest BCUT2D eigenvalue weighted by atomic mass is 10.1. The van der Waals surface area contributed by atoms with Gasteiger partial charge < -0.3 is 9.64 Å². The number of nitrogens with one attached hydrogen (secondary N) is 1. The molecule has 116 valence electrons. The summed E-state index contributed by atoms with van der Waals surface area (Å²) in [5, 5.41) is 7.02. The number of hydrogen-bond donors (Lipinski definition) is 2. The summed E-state index contributed by atoms with van der Waals surface area (Å²) in [5.74, 6) is 6.46. The molecule has 2 aromatic rings. The molecule has 21 heavy (non-hydrogen) atoms. The van der Waals surface area contributed by atoms with Gasteiger partial charge in [0.2, 0.25) is 0 Å². The molecular formula is C13H20ClN5OS. The topological polar surface area (TPSA) is 68.3 Å². The van der Waals surface area contributed by atoms with Gasteiger partial charge in [-0.05, 0) is 25.5 Å². The Labute approximate surface area is 133 Å². The average molecular weight is 330 g/mol. The molecule has 0 aliphatic carbocycles. The van der Waals surface area contributed by atoms with Crippen LogP contribution >= 0.6 is 22.9 Å². The number of hydrogen-bond acceptors (Lipinski definition) is 6. The van der Waals surface area contributed by atoms with Gasteiger partial charge in [-0.25, -0.2) is 5.43 Å². The van der Waals surface area contributed by atoms with Gasteiger partial charge in [0.05, 0.1) is 24.9 Å². The third-order valence-corrected chi connectivity index (χ3v) is 4.59. The van der Waals surface area contributed by atoms with Gasteiger partial charge in [-0.2, -0.15) is 5.10 Å². The number of halogens is 1. The Morgan fingerprint density at radius 2 is 2.33 bits per heavy atom. The summed E-state index contributed by atoms with van der Waals surface area (Å²) >= 11 is 7.79. The van der Waals surface area contributed by atoms with Crippen molar-refractivity contribution in [2.24, 2.45) is 5.84 Å². The highest BCUT2D eigenvalue weighted by atomic mass is 35.5. The number of nitrogens with zero attached hydrogens (tertiary/aromatic N) is 3. The molecule has 0 fully saturated rings. The lowest BCUT2D eigenvalue weighted by Crippen LogP contribution is -2.31. The second kappa shape index (κ2) is 7.24. The molecule has 0 radical (unpaired) electrons. The maximum Gasteiger partial charge on any atom is 0.162 e. The van der Waals surface area contributed by atoms with Crippen LogP contribution in [0.4, 0.5) is 0 Å². The van der Waals surface area contributed by atoms with Crippen LogP contribution in [0.5, 0.6) is 5.75 Å². The van der Waals surface area contributed by atoms with Gasteiger partial charge in [0, 0.05) is 11.4 Å². The van der Waals surface area contributed by atoms with Crippen LogP contribution in [-0.2, 0) is 6.54 Å². The van der Waals surface area contributed by atoms with Gasteiger partial charge in [-0.3, -0.25) is 10.5 Å². The molecule has 0 aliphatic heterocycles. The zero-order valence-corrected chi connectivity index (χ0v) is 13.9. The number of hydrazine groups is 1. The van der Waals surface area contributed by atoms with E-state index in [9.17, 15) is 0 Å². The number of ether oxygens (including phenoxy) is 1. The lowest BCUT2D eigenvalue weighted by Gasteiger charge is -2.19. The summed E-state index contributed by atoms with van der Waals surface area (Å²) < 4.78 is 7.32. The standard InChI is InChI=1S/C13H20ClN5OS/c1-18(2)5-6-19-12(10(20-3)8-16-19)11(17-15)13-9(14)4-7-21-13/h4,7-8,11,17H,5-6,15H2,1-3H3. The first-order chi connectivity index (χ1) is 10.1. The molecule has 0 bridgehead atoms. The van der Waals surface area contributed by atoms with Gasteiger partial charge in [-0.15, -0.1) is 11.3 Å². The summed E-state index contributed by atoms with van der Waals surface area (Å²) in [5.41, 5.74) is 3.70. The predicted molar refractivity (Wildman–Crippen MR) is 85.8 cm³/mol. The fourth-order valence-corrected chi connectivity index (χ4v) is 3.32. The zero-order valence-electron chi connectivity index (χ0n) is 12.3. The maximum atomic E-state index is 6.24. The van der Waals surface area contributed by atoms with E-state index in [-0.39, 0.29) is 6.04 Å². The van der Waals surface area contributed by atoms with Gasteiger partial charge >= 0.3 is 0 Å². The first kappa shape index (κ1) is 16.3. The first-order valence-electron chi connectivity index (χ1n) is 6.52. The van der Waals surface area contributed by atoms with Crippen molar-refractivity contribution in [3.63, 3.8) is 0 Å². The highest BCUT2D eigenvalue weighted by Crippen LogP contribution is 2.36. The van der Waals surface area contributed by atoms with Crippen molar-refractivity contribution >= 4 is 22.9 Å². The third kappa shape index (κ3) is 3.56. The lowest BCUT2D eigenvalue weighted by molar-refractivity contribution is 0.360. The second-order valence-corrected chi connectivity index (χ2v) is 6.21. The fraction of sp³-hybridized carbons (Fsp3) is 0.462. The minimum absolute atomic E-state index is 0.253. The molecule has 0 saturated carbocycles. The molecule has 1 atom stereocenters. The molecule has 0 aliphatic rings. The molecule has 2 rings (SSSR count). The molecule has 1 unspecified atom stereocenters. The van der Waals surface area contributed by atoms with Gasteiger partial charge in [0.15, 0.2) is 5.75 Å². The van der Waals surface area contributed by atoms with E-state index < -0.39 is 0 Å². The Morgan fingerprint density at radius 3 is 2.86 bits per heavy atom. The minimum atomic E-state index is -0.253. The SMILES string of the molecule is COc1cnn(CCN(C)C)c1C(NN)c1sccc1Cl. The van der Waals surface area contributed by atoms with Crippen LogP contribution in [0, 0.1) is 0 Å². The number of aromatic nitrogens is 2. The highest BCUT2D eigenvalue weighted by Gasteiger charge is 2.25. The number of methoxy groups -OCH3 is 1. The monoisotopic (exact) mass is 329 g/mol. The summed E-state index contributed by atoms with van der Waals surface area (Å²) in [6.07, 6.45) is 1.71. The van der Waals surface area contributed by atoms with Gasteiger partial charge in [0.25, 0.3) is 0 Å². The number of likely N-dealkylation sites (N-methyl/N-ethyl adjacent to an activating group) is 1. The van der Waals surface area contributed by atoms with E-state index in [1.807, 2.05) is 30.2 Å². The Hall–Kier alpha value is -1.12. The molecule has 8 heteroatoms. The third-order valence-electron chi connectivity index (χ3n) is 3.17. The van der Waals surface area contributed by atoms with E-state index >= 15 is 0 Å². The van der Waals surface area contributed by atoms with E-state index in [0.29, 0.717) is 10.8 Å². The Kier molecular flexibility index (Phi) is 5.60. The number of rotatable bonds is 7. The normalized spacial score (nSPS) is 12.9. The number of thiophene rings is 1. The summed E-state index contributed by atoms with van der Waals surface area (Å²) in [6.45, 7) is 1.61. The van der Waals surface area contributed by atoms with Crippen LogP contribution in [0.15, 0.2) is 17.6 Å². The predicted octanol–water partition coefficient (Wildman–Crippen LogP) is 1.72. The Bertz CT molecular complexity index is 583. The Morgan fingerprint density at radius 1 is 1.57 bits per heavy atom.